The van der Waals surface area contributed by atoms with Crippen LogP contribution in [0.15, 0.2) is 55.4 Å². The molecule has 0 unspecified atom stereocenters. The predicted molar refractivity (Wildman–Crippen MR) is 118 cm³/mol. The minimum Gasteiger partial charge on any atom is -0.365 e. The molecule has 0 aromatic carbocycles. The van der Waals surface area contributed by atoms with Crippen LogP contribution in [0, 0.1) is 0 Å². The van der Waals surface area contributed by atoms with Gasteiger partial charge in [0, 0.05) is 12.4 Å². The number of carbonyl (C=O) groups excluding carboxylic acids is 2. The van der Waals surface area contributed by atoms with Gasteiger partial charge in [0.2, 0.25) is 0 Å². The lowest BCUT2D eigenvalue weighted by Gasteiger charge is -2.14. The summed E-state index contributed by atoms with van der Waals surface area (Å²) >= 11 is 6.17. The molecule has 0 atom stereocenters. The van der Waals surface area contributed by atoms with E-state index in [9.17, 15) is 22.8 Å². The quantitative estimate of drug-likeness (QED) is 0.364. The van der Waals surface area contributed by atoms with Crippen molar-refractivity contribution in [3.05, 3.63) is 77.2 Å². The molecule has 0 bridgehead atoms. The van der Waals surface area contributed by atoms with Crippen molar-refractivity contribution in [1.82, 2.24) is 39.1 Å². The van der Waals surface area contributed by atoms with Gasteiger partial charge in [-0.3, -0.25) is 14.0 Å². The number of hydrogen-bond acceptors (Lipinski definition) is 7. The van der Waals surface area contributed by atoms with E-state index in [1.165, 1.54) is 53.6 Å². The van der Waals surface area contributed by atoms with Crippen molar-refractivity contribution < 1.29 is 22.8 Å². The van der Waals surface area contributed by atoms with Crippen LogP contribution in [-0.4, -0.2) is 51.0 Å². The molecule has 182 valence electrons. The number of aromatic nitrogens is 8. The molecule has 0 aliphatic carbocycles. The molecular weight excluding hydrogens is 505 g/mol. The van der Waals surface area contributed by atoms with Crippen molar-refractivity contribution in [1.29, 1.82) is 0 Å². The Morgan fingerprint density at radius 3 is 2.42 bits per heavy atom. The normalized spacial score (nSPS) is 11.7. The van der Waals surface area contributed by atoms with Gasteiger partial charge in [0.05, 0.1) is 46.6 Å². The number of nitrogens with one attached hydrogen (secondary N) is 1. The van der Waals surface area contributed by atoms with Gasteiger partial charge >= 0.3 is 6.18 Å². The first-order valence-corrected chi connectivity index (χ1v) is 10.3. The summed E-state index contributed by atoms with van der Waals surface area (Å²) in [5.74, 6) is -1.88. The van der Waals surface area contributed by atoms with Gasteiger partial charge in [-0.05, 0) is 18.2 Å². The van der Waals surface area contributed by atoms with Crippen LogP contribution in [0.25, 0.3) is 17.3 Å². The zero-order valence-corrected chi connectivity index (χ0v) is 18.4. The Labute approximate surface area is 203 Å². The molecule has 2 amide bonds. The summed E-state index contributed by atoms with van der Waals surface area (Å²) in [6.07, 6.45) is 2.42. The predicted octanol–water partition coefficient (Wildman–Crippen LogP) is 2.52. The number of nitrogens with two attached hydrogens (primary N) is 1. The number of amides is 2. The smallest absolute Gasteiger partial charge is 0.365 e. The molecule has 12 nitrogen and oxygen atoms in total. The van der Waals surface area contributed by atoms with Gasteiger partial charge in [-0.25, -0.2) is 14.6 Å². The van der Waals surface area contributed by atoms with Crippen molar-refractivity contribution >= 4 is 34.7 Å². The summed E-state index contributed by atoms with van der Waals surface area (Å²) in [6.45, 7) is 0. The molecular formula is C20H12ClF3N10O2. The molecule has 0 spiro atoms. The Bertz CT molecular complexity index is 1620. The fourth-order valence-corrected chi connectivity index (χ4v) is 3.74. The van der Waals surface area contributed by atoms with Gasteiger partial charge in [0.1, 0.15) is 5.82 Å². The number of alkyl halides is 3. The van der Waals surface area contributed by atoms with Crippen molar-refractivity contribution in [3.63, 3.8) is 0 Å². The van der Waals surface area contributed by atoms with Crippen molar-refractivity contribution in [2.45, 2.75) is 6.18 Å². The SMILES string of the molecule is NC(=O)c1ccc(-n2ncc(C(=O)Nc3cnc(-n4nccn4)c(Cl)c3)c2C(F)(F)F)n2ccnc12. The first kappa shape index (κ1) is 23.0. The van der Waals surface area contributed by atoms with Crippen LogP contribution in [0.2, 0.25) is 5.02 Å². The number of pyridine rings is 2. The fraction of sp³-hybridized carbons (Fsp3) is 0.0500. The average Bonchev–Trinajstić information content (AvgIpc) is 3.58. The Hall–Kier alpha value is -4.79. The molecule has 0 fully saturated rings. The maximum atomic E-state index is 14.1. The van der Waals surface area contributed by atoms with Crippen LogP contribution in [0.4, 0.5) is 18.9 Å². The van der Waals surface area contributed by atoms with Crippen LogP contribution in [0.1, 0.15) is 26.4 Å². The molecule has 5 rings (SSSR count). The number of hydrogen-bond donors (Lipinski definition) is 2. The Morgan fingerprint density at radius 1 is 1.00 bits per heavy atom. The van der Waals surface area contributed by atoms with Crippen molar-refractivity contribution in [2.24, 2.45) is 5.73 Å². The van der Waals surface area contributed by atoms with Gasteiger partial charge in [-0.1, -0.05) is 11.6 Å². The summed E-state index contributed by atoms with van der Waals surface area (Å²) in [6, 6.07) is 3.73. The minimum atomic E-state index is -4.98. The average molecular weight is 517 g/mol. The van der Waals surface area contributed by atoms with Crippen LogP contribution < -0.4 is 11.1 Å². The van der Waals surface area contributed by atoms with Crippen LogP contribution >= 0.6 is 11.6 Å². The fourth-order valence-electron chi connectivity index (χ4n) is 3.50. The van der Waals surface area contributed by atoms with E-state index >= 15 is 0 Å². The lowest BCUT2D eigenvalue weighted by atomic mass is 10.2. The van der Waals surface area contributed by atoms with E-state index in [1.807, 2.05) is 0 Å². The zero-order valence-electron chi connectivity index (χ0n) is 17.7. The van der Waals surface area contributed by atoms with E-state index in [2.05, 4.69) is 30.6 Å². The van der Waals surface area contributed by atoms with E-state index in [0.29, 0.717) is 4.68 Å². The monoisotopic (exact) mass is 516 g/mol. The third kappa shape index (κ3) is 3.90. The van der Waals surface area contributed by atoms with E-state index in [4.69, 9.17) is 17.3 Å². The zero-order chi connectivity index (χ0) is 25.6. The number of nitrogens with zero attached hydrogens (tertiary/aromatic N) is 8. The molecule has 5 aromatic rings. The second kappa shape index (κ2) is 8.46. The first-order valence-electron chi connectivity index (χ1n) is 9.90. The number of halogens is 4. The van der Waals surface area contributed by atoms with E-state index in [1.54, 1.807) is 0 Å². The highest BCUT2D eigenvalue weighted by Crippen LogP contribution is 2.34. The maximum Gasteiger partial charge on any atom is 0.434 e. The summed E-state index contributed by atoms with van der Waals surface area (Å²) < 4.78 is 44.2. The van der Waals surface area contributed by atoms with Gasteiger partial charge < -0.3 is 11.1 Å². The van der Waals surface area contributed by atoms with Gasteiger partial charge in [-0.15, -0.1) is 4.80 Å². The Kier molecular flexibility index (Phi) is 5.40. The van der Waals surface area contributed by atoms with Crippen molar-refractivity contribution in [3.8, 4) is 11.6 Å². The number of imidazole rings is 1. The Morgan fingerprint density at radius 2 is 1.75 bits per heavy atom. The van der Waals surface area contributed by atoms with E-state index < -0.39 is 29.2 Å². The third-order valence-corrected chi connectivity index (χ3v) is 5.26. The van der Waals surface area contributed by atoms with Gasteiger partial charge in [0.25, 0.3) is 11.8 Å². The largest absolute Gasteiger partial charge is 0.434 e. The molecule has 0 saturated carbocycles. The van der Waals surface area contributed by atoms with E-state index in [0.717, 1.165) is 11.0 Å². The molecule has 5 aromatic heterocycles. The molecule has 3 N–H and O–H groups in total. The molecule has 5 heterocycles. The number of carbonyl (C=O) groups is 2. The number of fused-ring (bicyclic) bond motifs is 1. The summed E-state index contributed by atoms with van der Waals surface area (Å²) in [5.41, 5.74) is 3.27. The lowest BCUT2D eigenvalue weighted by Crippen LogP contribution is -2.22. The summed E-state index contributed by atoms with van der Waals surface area (Å²) in [4.78, 5) is 33.7. The van der Waals surface area contributed by atoms with Gasteiger partial charge in [0.15, 0.2) is 17.2 Å². The molecule has 0 saturated heterocycles. The Balaban J connectivity index is 1.54. The van der Waals surface area contributed by atoms with Crippen molar-refractivity contribution in [2.75, 3.05) is 5.32 Å². The first-order chi connectivity index (χ1) is 17.1. The molecule has 36 heavy (non-hydrogen) atoms. The minimum absolute atomic E-state index is 0.000526. The highest BCUT2D eigenvalue weighted by molar-refractivity contribution is 6.32. The molecule has 0 aliphatic rings. The topological polar surface area (TPSA) is 151 Å². The van der Waals surface area contributed by atoms with Crippen LogP contribution in [-0.2, 0) is 6.18 Å². The number of rotatable bonds is 5. The van der Waals surface area contributed by atoms with Crippen LogP contribution in [0.5, 0.6) is 0 Å². The number of anilines is 1. The third-order valence-electron chi connectivity index (χ3n) is 4.98. The standard InChI is InChI=1S/C20H12ClF3N10O2/c21-13-7-10(8-27-18(13)34-28-3-4-29-34)31-19(36)12-9-30-33(15(12)20(22,23)24)14-2-1-11(16(25)35)17-26-5-6-32(14)17/h1-9H,(H2,25,35)(H,31,36). The lowest BCUT2D eigenvalue weighted by molar-refractivity contribution is -0.143. The molecule has 16 heteroatoms. The van der Waals surface area contributed by atoms with Crippen LogP contribution in [0.3, 0.4) is 0 Å². The molecule has 0 aliphatic heterocycles. The maximum absolute atomic E-state index is 14.1. The summed E-state index contributed by atoms with van der Waals surface area (Å²) in [7, 11) is 0. The highest BCUT2D eigenvalue weighted by atomic mass is 35.5. The second-order valence-corrected chi connectivity index (χ2v) is 7.62. The highest BCUT2D eigenvalue weighted by Gasteiger charge is 2.41. The summed E-state index contributed by atoms with van der Waals surface area (Å²) in [5, 5.41) is 14.0. The van der Waals surface area contributed by atoms with E-state index in [-0.39, 0.29) is 33.6 Å². The molecule has 0 radical (unpaired) electrons. The van der Waals surface area contributed by atoms with Gasteiger partial charge in [-0.2, -0.15) is 28.5 Å². The number of primary amides is 1. The second-order valence-electron chi connectivity index (χ2n) is 7.21.